The fraction of sp³-hybridized carbons (Fsp3) is 0.471. The highest BCUT2D eigenvalue weighted by molar-refractivity contribution is 6.77. The van der Waals surface area contributed by atoms with Crippen LogP contribution in [0.15, 0.2) is 60.9 Å². The van der Waals surface area contributed by atoms with Gasteiger partial charge in [0.2, 0.25) is 0 Å². The number of nitrogens with zero attached hydrogens (tertiary/aromatic N) is 6. The van der Waals surface area contributed by atoms with Crippen LogP contribution in [0.1, 0.15) is 39.0 Å². The van der Waals surface area contributed by atoms with Gasteiger partial charge >= 0.3 is 6.09 Å². The molecule has 1 amide bonds. The normalized spacial score (nSPS) is 16.8. The second-order valence-corrected chi connectivity index (χ2v) is 19.4. The molecule has 1 fully saturated rings. The van der Waals surface area contributed by atoms with E-state index < -0.39 is 13.7 Å². The van der Waals surface area contributed by atoms with Gasteiger partial charge in [0.15, 0.2) is 0 Å². The van der Waals surface area contributed by atoms with Crippen LogP contribution < -0.4 is 4.90 Å². The maximum atomic E-state index is 13.2. The number of aryl methyl sites for hydroxylation is 1. The molecule has 44 heavy (non-hydrogen) atoms. The van der Waals surface area contributed by atoms with Crippen LogP contribution in [0.25, 0.3) is 22.2 Å². The highest BCUT2D eigenvalue weighted by atomic mass is 28.3. The number of fused-ring (bicyclic) bond motifs is 1. The minimum absolute atomic E-state index is 0.0674. The van der Waals surface area contributed by atoms with E-state index in [1.807, 2.05) is 67.9 Å². The van der Waals surface area contributed by atoms with Crippen molar-refractivity contribution in [1.29, 1.82) is 0 Å². The van der Waals surface area contributed by atoms with E-state index in [4.69, 9.17) is 19.6 Å². The van der Waals surface area contributed by atoms with Crippen molar-refractivity contribution in [3.05, 3.63) is 72.2 Å². The SMILES string of the molecule is Cc1nn(COC(C)[Si](C)(C)C)c2ccc(-c3cncc(N4CCN(C(=O)OC(C)(C)C)[C@@H](Cc5ccccc5)C4)n3)cc12. The van der Waals surface area contributed by atoms with Gasteiger partial charge in [0.1, 0.15) is 18.1 Å². The average molecular weight is 615 g/mol. The molecule has 0 aliphatic carbocycles. The van der Waals surface area contributed by atoms with Crippen LogP contribution in [-0.2, 0) is 22.6 Å². The minimum atomic E-state index is -1.40. The third-order valence-corrected chi connectivity index (χ3v) is 10.9. The number of aromatic nitrogens is 4. The molecule has 0 saturated carbocycles. The number of piperazine rings is 1. The molecular weight excluding hydrogens is 568 g/mol. The third-order valence-electron chi connectivity index (χ3n) is 8.27. The van der Waals surface area contributed by atoms with Gasteiger partial charge in [0.25, 0.3) is 0 Å². The van der Waals surface area contributed by atoms with Crippen molar-refractivity contribution in [3.63, 3.8) is 0 Å². The Kier molecular flexibility index (Phi) is 9.13. The van der Waals surface area contributed by atoms with Gasteiger partial charge in [0, 0.05) is 36.3 Å². The topological polar surface area (TPSA) is 85.6 Å². The van der Waals surface area contributed by atoms with E-state index in [1.54, 1.807) is 0 Å². The maximum absolute atomic E-state index is 13.2. The van der Waals surface area contributed by atoms with Crippen molar-refractivity contribution in [3.8, 4) is 11.3 Å². The Hall–Kier alpha value is -3.76. The van der Waals surface area contributed by atoms with Gasteiger partial charge in [0.05, 0.1) is 43.4 Å². The Morgan fingerprint density at radius 2 is 1.82 bits per heavy atom. The van der Waals surface area contributed by atoms with Crippen LogP contribution >= 0.6 is 0 Å². The molecule has 9 nitrogen and oxygen atoms in total. The average Bonchev–Trinajstić information content (AvgIpc) is 3.29. The van der Waals surface area contributed by atoms with Crippen molar-refractivity contribution in [2.45, 2.75) is 84.8 Å². The number of carbonyl (C=O) groups excluding carboxylic acids is 1. The number of anilines is 1. The molecule has 4 aromatic rings. The summed E-state index contributed by atoms with van der Waals surface area (Å²) in [6.07, 6.45) is 4.07. The quantitative estimate of drug-likeness (QED) is 0.204. The van der Waals surface area contributed by atoms with E-state index >= 15 is 0 Å². The van der Waals surface area contributed by atoms with Gasteiger partial charge in [-0.3, -0.25) is 4.98 Å². The molecular formula is C34H46N6O3Si. The summed E-state index contributed by atoms with van der Waals surface area (Å²) in [6.45, 7) is 19.1. The smallest absolute Gasteiger partial charge is 0.410 e. The van der Waals surface area contributed by atoms with Crippen LogP contribution in [0.3, 0.4) is 0 Å². The summed E-state index contributed by atoms with van der Waals surface area (Å²) in [7, 11) is -1.40. The van der Waals surface area contributed by atoms with Crippen molar-refractivity contribution >= 4 is 30.9 Å². The lowest BCUT2D eigenvalue weighted by Gasteiger charge is -2.42. The Morgan fingerprint density at radius 1 is 1.07 bits per heavy atom. The van der Waals surface area contributed by atoms with Gasteiger partial charge in [-0.25, -0.2) is 14.5 Å². The highest BCUT2D eigenvalue weighted by Gasteiger charge is 2.34. The van der Waals surface area contributed by atoms with E-state index in [-0.39, 0.29) is 17.9 Å². The zero-order valence-corrected chi connectivity index (χ0v) is 28.4. The van der Waals surface area contributed by atoms with Crippen molar-refractivity contribution in [2.75, 3.05) is 24.5 Å². The van der Waals surface area contributed by atoms with E-state index in [9.17, 15) is 4.79 Å². The van der Waals surface area contributed by atoms with Crippen LogP contribution in [0, 0.1) is 6.92 Å². The predicted molar refractivity (Wildman–Crippen MR) is 178 cm³/mol. The summed E-state index contributed by atoms with van der Waals surface area (Å²) < 4.78 is 13.9. The second-order valence-electron chi connectivity index (χ2n) is 13.8. The second kappa shape index (κ2) is 12.7. The van der Waals surface area contributed by atoms with Crippen molar-refractivity contribution in [2.24, 2.45) is 0 Å². The van der Waals surface area contributed by atoms with Gasteiger partial charge < -0.3 is 19.3 Å². The predicted octanol–water partition coefficient (Wildman–Crippen LogP) is 6.71. The number of rotatable bonds is 8. The van der Waals surface area contributed by atoms with E-state index in [0.29, 0.717) is 26.4 Å². The fourth-order valence-corrected chi connectivity index (χ4v) is 5.94. The molecule has 5 rings (SSSR count). The summed E-state index contributed by atoms with van der Waals surface area (Å²) >= 11 is 0. The molecule has 2 aromatic carbocycles. The molecule has 2 atom stereocenters. The minimum Gasteiger partial charge on any atom is -0.444 e. The van der Waals surface area contributed by atoms with Crippen LogP contribution in [0.5, 0.6) is 0 Å². The maximum Gasteiger partial charge on any atom is 0.410 e. The third kappa shape index (κ3) is 7.47. The van der Waals surface area contributed by atoms with Crippen molar-refractivity contribution < 1.29 is 14.3 Å². The fourth-order valence-electron chi connectivity index (χ4n) is 5.36. The van der Waals surface area contributed by atoms with E-state index in [2.05, 4.69) is 66.8 Å². The standard InChI is InChI=1S/C34H46N6O3Si/c1-24-29-19-27(14-15-31(29)40(37-24)23-42-25(2)44(6,7)8)30-20-35-21-32(36-30)38-16-17-39(33(41)43-34(3,4)5)28(22-38)18-26-12-10-9-11-13-26/h9-15,19-21,25,28H,16-18,22-23H2,1-8H3/t25?,28-/m0/s1. The summed E-state index contributed by atoms with van der Waals surface area (Å²) in [5.74, 6) is 0.797. The molecule has 234 valence electrons. The summed E-state index contributed by atoms with van der Waals surface area (Å²) in [5, 5.41) is 5.85. The molecule has 10 heteroatoms. The first kappa shape index (κ1) is 31.7. The number of hydrogen-bond acceptors (Lipinski definition) is 7. The van der Waals surface area contributed by atoms with Crippen LogP contribution in [0.4, 0.5) is 10.6 Å². The number of amides is 1. The first-order valence-electron chi connectivity index (χ1n) is 15.5. The lowest BCUT2D eigenvalue weighted by molar-refractivity contribution is 0.0140. The number of hydrogen-bond donors (Lipinski definition) is 0. The lowest BCUT2D eigenvalue weighted by atomic mass is 10.0. The largest absolute Gasteiger partial charge is 0.444 e. The molecule has 1 aliphatic rings. The number of ether oxygens (including phenoxy) is 2. The first-order valence-corrected chi connectivity index (χ1v) is 19.1. The molecule has 2 aromatic heterocycles. The van der Waals surface area contributed by atoms with Crippen LogP contribution in [0.2, 0.25) is 19.6 Å². The van der Waals surface area contributed by atoms with E-state index in [0.717, 1.165) is 40.1 Å². The molecule has 0 radical (unpaired) electrons. The molecule has 0 spiro atoms. The number of benzene rings is 2. The Morgan fingerprint density at radius 3 is 2.52 bits per heavy atom. The molecule has 1 unspecified atom stereocenters. The molecule has 0 bridgehead atoms. The highest BCUT2D eigenvalue weighted by Crippen LogP contribution is 2.28. The van der Waals surface area contributed by atoms with Gasteiger partial charge in [-0.2, -0.15) is 5.10 Å². The van der Waals surface area contributed by atoms with Gasteiger partial charge in [-0.1, -0.05) is 56.0 Å². The van der Waals surface area contributed by atoms with Crippen molar-refractivity contribution in [1.82, 2.24) is 24.6 Å². The summed E-state index contributed by atoms with van der Waals surface area (Å²) in [4.78, 5) is 26.9. The zero-order valence-electron chi connectivity index (χ0n) is 27.4. The summed E-state index contributed by atoms with van der Waals surface area (Å²) in [6, 6.07) is 16.5. The molecule has 0 N–H and O–H groups in total. The lowest BCUT2D eigenvalue weighted by Crippen LogP contribution is -2.57. The Labute approximate surface area is 262 Å². The Balaban J connectivity index is 1.36. The zero-order chi connectivity index (χ0) is 31.6. The molecule has 1 saturated heterocycles. The first-order chi connectivity index (χ1) is 20.8. The monoisotopic (exact) mass is 614 g/mol. The summed E-state index contributed by atoms with van der Waals surface area (Å²) in [5.41, 5.74) is 4.64. The van der Waals surface area contributed by atoms with E-state index in [1.165, 1.54) is 5.56 Å². The molecule has 1 aliphatic heterocycles. The number of carbonyl (C=O) groups is 1. The van der Waals surface area contributed by atoms with Gasteiger partial charge in [-0.05, 0) is 58.7 Å². The van der Waals surface area contributed by atoms with Gasteiger partial charge in [-0.15, -0.1) is 0 Å². The van der Waals surface area contributed by atoms with Crippen LogP contribution in [-0.4, -0.2) is 75.8 Å². The Bertz CT molecular complexity index is 1590. The molecule has 3 heterocycles.